The van der Waals surface area contributed by atoms with Crippen LogP contribution in [0.3, 0.4) is 0 Å². The fourth-order valence-corrected chi connectivity index (χ4v) is 4.89. The molecule has 2 aliphatic rings. The van der Waals surface area contributed by atoms with Gasteiger partial charge in [0, 0.05) is 47.4 Å². The summed E-state index contributed by atoms with van der Waals surface area (Å²) in [6.45, 7) is 12.3. The molecule has 2 aromatic rings. The molecule has 172 valence electrons. The first-order valence-electron chi connectivity index (χ1n) is 11.6. The van der Waals surface area contributed by atoms with Crippen molar-refractivity contribution in [3.05, 3.63) is 66.0 Å². The second-order valence-electron chi connectivity index (χ2n) is 7.99. The van der Waals surface area contributed by atoms with Gasteiger partial charge in [0.2, 0.25) is 5.36 Å². The van der Waals surface area contributed by atoms with Gasteiger partial charge in [-0.25, -0.2) is 13.0 Å². The number of hydrogen-bond acceptors (Lipinski definition) is 4. The van der Waals surface area contributed by atoms with E-state index >= 15 is 0 Å². The van der Waals surface area contributed by atoms with Crippen molar-refractivity contribution < 1.29 is 12.8 Å². The summed E-state index contributed by atoms with van der Waals surface area (Å²) in [5.41, 5.74) is 4.97. The van der Waals surface area contributed by atoms with Crippen LogP contribution >= 0.6 is 0 Å². The third-order valence-corrected chi connectivity index (χ3v) is 7.03. The van der Waals surface area contributed by atoms with Crippen LogP contribution < -0.4 is 14.8 Å². The van der Waals surface area contributed by atoms with Crippen molar-refractivity contribution in [1.82, 2.24) is 4.58 Å². The smallest absolute Gasteiger partial charge is 0.203 e. The molecule has 0 N–H and O–H groups in total. The van der Waals surface area contributed by atoms with E-state index in [1.165, 1.54) is 0 Å². The summed E-state index contributed by atoms with van der Waals surface area (Å²) in [5, 5.41) is 2.13. The van der Waals surface area contributed by atoms with Gasteiger partial charge in [-0.05, 0) is 63.6 Å². The number of rotatable bonds is 7. The monoisotopic (exact) mass is 463 g/mol. The van der Waals surface area contributed by atoms with Gasteiger partial charge in [-0.1, -0.05) is 12.1 Å². The van der Waals surface area contributed by atoms with Gasteiger partial charge in [-0.2, -0.15) is 0 Å². The van der Waals surface area contributed by atoms with E-state index in [-0.39, 0.29) is 0 Å². The summed E-state index contributed by atoms with van der Waals surface area (Å²) in [7, 11) is -2.61. The third kappa shape index (κ3) is 4.40. The van der Waals surface area contributed by atoms with Gasteiger partial charge in [0.15, 0.2) is 10.7 Å². The Kier molecular flexibility index (Phi) is 6.84. The van der Waals surface area contributed by atoms with Gasteiger partial charge in [-0.15, -0.1) is 0 Å². The molecule has 1 aliphatic heterocycles. The molecule has 0 spiro atoms. The van der Waals surface area contributed by atoms with Crippen molar-refractivity contribution >= 4 is 27.4 Å². The normalized spacial score (nSPS) is 11.4. The van der Waals surface area contributed by atoms with Crippen molar-refractivity contribution in [2.24, 2.45) is 0 Å². The fraction of sp³-hybridized carbons (Fsp3) is 0.296. The van der Waals surface area contributed by atoms with Gasteiger partial charge in [0.05, 0.1) is 11.0 Å². The average Bonchev–Trinajstić information content (AvgIpc) is 2.84. The molecule has 4 rings (SSSR count). The zero-order chi connectivity index (χ0) is 23.5. The van der Waals surface area contributed by atoms with Crippen LogP contribution in [-0.2, 0) is 10.7 Å². The van der Waals surface area contributed by atoms with Crippen molar-refractivity contribution in [1.29, 1.82) is 0 Å². The average molecular weight is 464 g/mol. The van der Waals surface area contributed by atoms with E-state index in [2.05, 4.69) is 73.6 Å². The highest BCUT2D eigenvalue weighted by molar-refractivity contribution is 7.72. The quantitative estimate of drug-likeness (QED) is 0.242. The molecule has 5 nitrogen and oxygen atoms in total. The highest BCUT2D eigenvalue weighted by Gasteiger charge is 2.19. The summed E-state index contributed by atoms with van der Waals surface area (Å²) in [6, 6.07) is 19.8. The maximum atomic E-state index is 11.4. The second-order valence-corrected chi connectivity index (χ2v) is 9.02. The van der Waals surface area contributed by atoms with Gasteiger partial charge in [-0.3, -0.25) is 0 Å². The van der Waals surface area contributed by atoms with Crippen LogP contribution in [0, 0.1) is 0 Å². The van der Waals surface area contributed by atoms with Gasteiger partial charge < -0.3 is 9.32 Å². The lowest BCUT2D eigenvalue weighted by atomic mass is 9.93. The maximum absolute atomic E-state index is 11.4. The molecule has 0 saturated heterocycles. The minimum atomic E-state index is -2.61. The van der Waals surface area contributed by atoms with Crippen LogP contribution in [0.4, 0.5) is 5.69 Å². The van der Waals surface area contributed by atoms with E-state index in [1.54, 1.807) is 12.1 Å². The molecular formula is C27H31N2O3S+. The summed E-state index contributed by atoms with van der Waals surface area (Å²) >= 11 is 0. The van der Waals surface area contributed by atoms with E-state index in [1.807, 2.05) is 12.1 Å². The molecule has 0 amide bonds. The SMILES string of the molecule is CCN(CC)c1ccc2c(-c3ccc([SH](=O)=O)cc3)c3ccc(=[N+](CC)CC)cc-3oc2c1. The topological polar surface area (TPSA) is 53.5 Å². The Morgan fingerprint density at radius 3 is 2.15 bits per heavy atom. The lowest BCUT2D eigenvalue weighted by molar-refractivity contribution is 0.604. The summed E-state index contributed by atoms with van der Waals surface area (Å²) in [5.74, 6) is 0.817. The predicted octanol–water partition coefficient (Wildman–Crippen LogP) is 4.83. The second kappa shape index (κ2) is 9.79. The standard InChI is InChI=1S/C27H31N2O3S/c1-5-28(6-2)20-11-15-23-25(17-20)32-26-18-21(29(7-3)8-4)12-16-24(26)27(23)19-9-13-22(14-10-19)33(30)31/h9-18,33H,5-8H2,1-4H3/q+1. The first-order chi connectivity index (χ1) is 16.0. The van der Waals surface area contributed by atoms with E-state index in [9.17, 15) is 8.42 Å². The molecule has 0 unspecified atom stereocenters. The minimum Gasteiger partial charge on any atom is -0.456 e. The fourth-order valence-electron chi connectivity index (χ4n) is 4.50. The Bertz CT molecular complexity index is 1380. The maximum Gasteiger partial charge on any atom is 0.203 e. The van der Waals surface area contributed by atoms with Crippen molar-refractivity contribution in [2.45, 2.75) is 32.6 Å². The summed E-state index contributed by atoms with van der Waals surface area (Å²) in [4.78, 5) is 2.61. The number of thiol groups is 1. The van der Waals surface area contributed by atoms with Crippen LogP contribution in [-0.4, -0.2) is 34.6 Å². The van der Waals surface area contributed by atoms with Crippen LogP contribution in [0.25, 0.3) is 33.4 Å². The molecule has 0 bridgehead atoms. The lowest BCUT2D eigenvalue weighted by Crippen LogP contribution is -2.29. The molecule has 33 heavy (non-hydrogen) atoms. The number of anilines is 1. The Morgan fingerprint density at radius 1 is 0.848 bits per heavy atom. The van der Waals surface area contributed by atoms with E-state index < -0.39 is 10.7 Å². The molecule has 0 fully saturated rings. The summed E-state index contributed by atoms with van der Waals surface area (Å²) in [6.07, 6.45) is 0. The molecule has 6 heteroatoms. The molecule has 1 aliphatic carbocycles. The van der Waals surface area contributed by atoms with E-state index in [0.717, 1.165) is 70.6 Å². The Hall–Kier alpha value is -3.12. The van der Waals surface area contributed by atoms with Crippen molar-refractivity contribution in [3.8, 4) is 22.5 Å². The van der Waals surface area contributed by atoms with Gasteiger partial charge >= 0.3 is 0 Å². The number of benzene rings is 3. The molecule has 2 aromatic carbocycles. The number of hydrogen-bond donors (Lipinski definition) is 1. The third-order valence-electron chi connectivity index (χ3n) is 6.31. The Balaban J connectivity index is 2.06. The number of nitrogens with zero attached hydrogens (tertiary/aromatic N) is 2. The van der Waals surface area contributed by atoms with Crippen molar-refractivity contribution in [2.75, 3.05) is 31.1 Å². The van der Waals surface area contributed by atoms with Crippen LogP contribution in [0.2, 0.25) is 0 Å². The van der Waals surface area contributed by atoms with Gasteiger partial charge in [0.25, 0.3) is 0 Å². The first kappa shape index (κ1) is 23.1. The predicted molar refractivity (Wildman–Crippen MR) is 137 cm³/mol. The molecule has 0 saturated carbocycles. The Labute approximate surface area is 196 Å². The molecule has 0 atom stereocenters. The highest BCUT2D eigenvalue weighted by Crippen LogP contribution is 2.40. The lowest BCUT2D eigenvalue weighted by Gasteiger charge is -2.22. The molecule has 1 heterocycles. The molecular weight excluding hydrogens is 432 g/mol. The zero-order valence-corrected chi connectivity index (χ0v) is 20.6. The minimum absolute atomic E-state index is 0.315. The van der Waals surface area contributed by atoms with Crippen LogP contribution in [0.1, 0.15) is 27.7 Å². The van der Waals surface area contributed by atoms with E-state index in [0.29, 0.717) is 4.90 Å². The molecule has 0 aromatic heterocycles. The molecule has 0 radical (unpaired) electrons. The number of fused-ring (bicyclic) bond motifs is 2. The van der Waals surface area contributed by atoms with Crippen LogP contribution in [0.15, 0.2) is 70.0 Å². The van der Waals surface area contributed by atoms with Gasteiger partial charge in [0.1, 0.15) is 24.4 Å². The first-order valence-corrected chi connectivity index (χ1v) is 12.8. The Morgan fingerprint density at radius 2 is 1.55 bits per heavy atom. The van der Waals surface area contributed by atoms with Crippen molar-refractivity contribution in [3.63, 3.8) is 0 Å². The van der Waals surface area contributed by atoms with Crippen LogP contribution in [0.5, 0.6) is 0 Å². The summed E-state index contributed by atoms with van der Waals surface area (Å²) < 4.78 is 31.6. The zero-order valence-electron chi connectivity index (χ0n) is 19.7. The van der Waals surface area contributed by atoms with E-state index in [4.69, 9.17) is 4.42 Å². The highest BCUT2D eigenvalue weighted by atomic mass is 32.2. The largest absolute Gasteiger partial charge is 0.456 e.